The van der Waals surface area contributed by atoms with E-state index < -0.39 is 0 Å². The lowest BCUT2D eigenvalue weighted by atomic mass is 10.1. The summed E-state index contributed by atoms with van der Waals surface area (Å²) < 4.78 is 0. The van der Waals surface area contributed by atoms with Crippen LogP contribution in [-0.4, -0.2) is 22.1 Å². The summed E-state index contributed by atoms with van der Waals surface area (Å²) in [5, 5.41) is 15.0. The van der Waals surface area contributed by atoms with E-state index in [4.69, 9.17) is 10.9 Å². The van der Waals surface area contributed by atoms with Gasteiger partial charge in [0, 0.05) is 18.8 Å². The van der Waals surface area contributed by atoms with Gasteiger partial charge in [0.15, 0.2) is 5.84 Å². The standard InChI is InChI=1S/C13H20N4O/c1-9(6-10-2-3-10)16-8-11-4-5-15-12(7-11)13(14)17-18/h4-5,7,9-10,16,18H,2-3,6,8H2,1H3,(H2,14,17). The van der Waals surface area contributed by atoms with Gasteiger partial charge < -0.3 is 16.3 Å². The summed E-state index contributed by atoms with van der Waals surface area (Å²) in [6, 6.07) is 4.30. The van der Waals surface area contributed by atoms with Crippen molar-refractivity contribution in [2.45, 2.75) is 38.8 Å². The van der Waals surface area contributed by atoms with Crippen LogP contribution in [-0.2, 0) is 6.54 Å². The van der Waals surface area contributed by atoms with E-state index in [9.17, 15) is 0 Å². The van der Waals surface area contributed by atoms with Crippen LogP contribution < -0.4 is 11.1 Å². The molecular weight excluding hydrogens is 228 g/mol. The summed E-state index contributed by atoms with van der Waals surface area (Å²) in [6.45, 7) is 2.99. The molecule has 5 nitrogen and oxygen atoms in total. The van der Waals surface area contributed by atoms with Crippen LogP contribution >= 0.6 is 0 Å². The highest BCUT2D eigenvalue weighted by Crippen LogP contribution is 2.33. The Morgan fingerprint density at radius 1 is 1.67 bits per heavy atom. The van der Waals surface area contributed by atoms with Crippen LogP contribution in [0.5, 0.6) is 0 Å². The molecule has 0 aliphatic heterocycles. The van der Waals surface area contributed by atoms with E-state index in [0.29, 0.717) is 11.7 Å². The van der Waals surface area contributed by atoms with Gasteiger partial charge in [-0.2, -0.15) is 0 Å². The Morgan fingerprint density at radius 2 is 2.44 bits per heavy atom. The SMILES string of the molecule is CC(CC1CC1)NCc1ccnc(C(N)=NO)c1. The molecule has 5 heteroatoms. The fourth-order valence-corrected chi connectivity index (χ4v) is 2.00. The topological polar surface area (TPSA) is 83.5 Å². The van der Waals surface area contributed by atoms with Gasteiger partial charge >= 0.3 is 0 Å². The maximum absolute atomic E-state index is 8.61. The quantitative estimate of drug-likeness (QED) is 0.308. The van der Waals surface area contributed by atoms with Crippen LogP contribution in [0.15, 0.2) is 23.5 Å². The van der Waals surface area contributed by atoms with E-state index in [1.165, 1.54) is 19.3 Å². The van der Waals surface area contributed by atoms with Crippen molar-refractivity contribution in [2.24, 2.45) is 16.8 Å². The first-order chi connectivity index (χ1) is 8.69. The Labute approximate surface area is 107 Å². The number of nitrogens with zero attached hydrogens (tertiary/aromatic N) is 2. The van der Waals surface area contributed by atoms with Crippen molar-refractivity contribution in [3.05, 3.63) is 29.6 Å². The van der Waals surface area contributed by atoms with Crippen LogP contribution in [0.4, 0.5) is 0 Å². The van der Waals surface area contributed by atoms with Gasteiger partial charge in [0.05, 0.1) is 0 Å². The smallest absolute Gasteiger partial charge is 0.188 e. The zero-order valence-electron chi connectivity index (χ0n) is 10.6. The number of pyridine rings is 1. The summed E-state index contributed by atoms with van der Waals surface area (Å²) in [6.07, 6.45) is 5.69. The maximum atomic E-state index is 8.61. The van der Waals surface area contributed by atoms with Crippen molar-refractivity contribution >= 4 is 5.84 Å². The van der Waals surface area contributed by atoms with E-state index >= 15 is 0 Å². The van der Waals surface area contributed by atoms with Crippen molar-refractivity contribution in [2.75, 3.05) is 0 Å². The molecule has 18 heavy (non-hydrogen) atoms. The molecule has 0 saturated heterocycles. The predicted molar refractivity (Wildman–Crippen MR) is 70.4 cm³/mol. The number of nitrogens with two attached hydrogens (primary N) is 1. The number of rotatable bonds is 6. The van der Waals surface area contributed by atoms with Crippen molar-refractivity contribution in [1.29, 1.82) is 0 Å². The van der Waals surface area contributed by atoms with Gasteiger partial charge in [-0.1, -0.05) is 18.0 Å². The predicted octanol–water partition coefficient (Wildman–Crippen LogP) is 1.45. The Kier molecular flexibility index (Phi) is 4.15. The lowest BCUT2D eigenvalue weighted by molar-refractivity contribution is 0.318. The second-order valence-corrected chi connectivity index (χ2v) is 5.00. The molecule has 1 fully saturated rings. The number of hydrogen-bond acceptors (Lipinski definition) is 4. The molecule has 1 aliphatic rings. The van der Waals surface area contributed by atoms with Gasteiger partial charge in [0.2, 0.25) is 0 Å². The molecule has 1 aliphatic carbocycles. The van der Waals surface area contributed by atoms with Crippen LogP contribution in [0.2, 0.25) is 0 Å². The first-order valence-corrected chi connectivity index (χ1v) is 6.35. The Bertz CT molecular complexity index is 429. The highest BCUT2D eigenvalue weighted by molar-refractivity contribution is 5.95. The van der Waals surface area contributed by atoms with Crippen LogP contribution in [0.1, 0.15) is 37.4 Å². The maximum Gasteiger partial charge on any atom is 0.188 e. The first kappa shape index (κ1) is 12.8. The molecule has 0 spiro atoms. The molecule has 1 unspecified atom stereocenters. The molecule has 4 N–H and O–H groups in total. The summed E-state index contributed by atoms with van der Waals surface area (Å²) >= 11 is 0. The van der Waals surface area contributed by atoms with Crippen LogP contribution in [0.25, 0.3) is 0 Å². The largest absolute Gasteiger partial charge is 0.409 e. The fraction of sp³-hybridized carbons (Fsp3) is 0.538. The Balaban J connectivity index is 1.88. The summed E-state index contributed by atoms with van der Waals surface area (Å²) in [7, 11) is 0. The van der Waals surface area contributed by atoms with Gasteiger partial charge in [0.1, 0.15) is 5.69 Å². The molecule has 1 heterocycles. The lowest BCUT2D eigenvalue weighted by Gasteiger charge is -2.13. The number of aromatic nitrogens is 1. The Morgan fingerprint density at radius 3 is 3.11 bits per heavy atom. The number of nitrogens with one attached hydrogen (secondary N) is 1. The average molecular weight is 248 g/mol. The van der Waals surface area contributed by atoms with E-state index in [2.05, 4.69) is 22.4 Å². The molecule has 0 bridgehead atoms. The molecule has 98 valence electrons. The number of hydrogen-bond donors (Lipinski definition) is 3. The third-order valence-corrected chi connectivity index (χ3v) is 3.23. The third kappa shape index (κ3) is 3.70. The normalized spacial score (nSPS) is 17.7. The molecule has 1 atom stereocenters. The molecule has 1 saturated carbocycles. The minimum absolute atomic E-state index is 0.0443. The van der Waals surface area contributed by atoms with Crippen LogP contribution in [0, 0.1) is 5.92 Å². The molecule has 1 aromatic heterocycles. The molecule has 0 radical (unpaired) electrons. The second kappa shape index (κ2) is 5.82. The van der Waals surface area contributed by atoms with E-state index in [0.717, 1.165) is 18.0 Å². The van der Waals surface area contributed by atoms with E-state index in [1.54, 1.807) is 6.20 Å². The molecule has 1 aromatic rings. The van der Waals surface area contributed by atoms with Crippen molar-refractivity contribution in [3.8, 4) is 0 Å². The van der Waals surface area contributed by atoms with E-state index in [1.807, 2.05) is 12.1 Å². The van der Waals surface area contributed by atoms with Crippen molar-refractivity contribution < 1.29 is 5.21 Å². The van der Waals surface area contributed by atoms with Crippen LogP contribution in [0.3, 0.4) is 0 Å². The summed E-state index contributed by atoms with van der Waals surface area (Å²) in [4.78, 5) is 4.05. The lowest BCUT2D eigenvalue weighted by Crippen LogP contribution is -2.26. The highest BCUT2D eigenvalue weighted by atomic mass is 16.4. The average Bonchev–Trinajstić information content (AvgIpc) is 3.19. The van der Waals surface area contributed by atoms with Gasteiger partial charge in [-0.15, -0.1) is 0 Å². The zero-order chi connectivity index (χ0) is 13.0. The zero-order valence-corrected chi connectivity index (χ0v) is 10.6. The second-order valence-electron chi connectivity index (χ2n) is 5.00. The monoisotopic (exact) mass is 248 g/mol. The van der Waals surface area contributed by atoms with Gasteiger partial charge in [-0.05, 0) is 37.0 Å². The molecule has 2 rings (SSSR count). The Hall–Kier alpha value is -1.62. The first-order valence-electron chi connectivity index (χ1n) is 6.35. The number of oxime groups is 1. The molecular formula is C13H20N4O. The van der Waals surface area contributed by atoms with E-state index in [-0.39, 0.29) is 5.84 Å². The highest BCUT2D eigenvalue weighted by Gasteiger charge is 2.23. The number of amidine groups is 1. The fourth-order valence-electron chi connectivity index (χ4n) is 2.00. The molecule has 0 aromatic carbocycles. The van der Waals surface area contributed by atoms with Crippen molar-refractivity contribution in [1.82, 2.24) is 10.3 Å². The van der Waals surface area contributed by atoms with Gasteiger partial charge in [-0.25, -0.2) is 0 Å². The minimum Gasteiger partial charge on any atom is -0.409 e. The molecule has 0 amide bonds. The summed E-state index contributed by atoms with van der Waals surface area (Å²) in [5.41, 5.74) is 7.11. The van der Waals surface area contributed by atoms with Crippen molar-refractivity contribution in [3.63, 3.8) is 0 Å². The summed E-state index contributed by atoms with van der Waals surface area (Å²) in [5.74, 6) is 0.973. The van der Waals surface area contributed by atoms with Gasteiger partial charge in [0.25, 0.3) is 0 Å². The third-order valence-electron chi connectivity index (χ3n) is 3.23. The van der Waals surface area contributed by atoms with Gasteiger partial charge in [-0.3, -0.25) is 4.98 Å². The minimum atomic E-state index is 0.0443.